The lowest BCUT2D eigenvalue weighted by Crippen LogP contribution is -2.54. The molecule has 2 fully saturated rings. The average molecular weight is 286 g/mol. The Labute approximate surface area is 118 Å². The van der Waals surface area contributed by atoms with Crippen molar-refractivity contribution in [1.82, 2.24) is 10.6 Å². The van der Waals surface area contributed by atoms with Gasteiger partial charge in [-0.25, -0.2) is 4.79 Å². The van der Waals surface area contributed by atoms with Crippen LogP contribution in [0.25, 0.3) is 0 Å². The Kier molecular flexibility index (Phi) is 4.49. The van der Waals surface area contributed by atoms with Crippen molar-refractivity contribution in [1.29, 1.82) is 0 Å². The number of urea groups is 1. The fraction of sp³-hybridized carbons (Fsp3) is 0.846. The minimum Gasteiger partial charge on any atom is -0.481 e. The zero-order valence-electron chi connectivity index (χ0n) is 11.8. The maximum atomic E-state index is 12.0. The topological polar surface area (TPSA) is 96.9 Å². The number of carbonyl (C=O) groups excluding carboxylic acids is 1. The Hall–Kier alpha value is -1.34. The first kappa shape index (κ1) is 15.1. The third-order valence-electron chi connectivity index (χ3n) is 4.07. The largest absolute Gasteiger partial charge is 0.481 e. The second-order valence-electron chi connectivity index (χ2n) is 5.81. The zero-order chi connectivity index (χ0) is 14.8. The van der Waals surface area contributed by atoms with Gasteiger partial charge in [0.15, 0.2) is 0 Å². The van der Waals surface area contributed by atoms with Crippen molar-refractivity contribution < 1.29 is 24.2 Å². The van der Waals surface area contributed by atoms with Crippen LogP contribution in [0.1, 0.15) is 26.7 Å². The van der Waals surface area contributed by atoms with Crippen LogP contribution < -0.4 is 10.6 Å². The molecule has 7 nitrogen and oxygen atoms in total. The van der Waals surface area contributed by atoms with Crippen molar-refractivity contribution in [3.05, 3.63) is 0 Å². The van der Waals surface area contributed by atoms with E-state index in [-0.39, 0.29) is 31.4 Å². The van der Waals surface area contributed by atoms with Crippen LogP contribution in [0.15, 0.2) is 0 Å². The SMILES string of the molecule is CC1CC(NC(=O)NC2COCC2(C)C(=O)O)CCO1. The molecule has 2 saturated heterocycles. The van der Waals surface area contributed by atoms with E-state index in [0.29, 0.717) is 6.61 Å². The van der Waals surface area contributed by atoms with Gasteiger partial charge >= 0.3 is 12.0 Å². The highest BCUT2D eigenvalue weighted by atomic mass is 16.5. The number of hydrogen-bond acceptors (Lipinski definition) is 4. The Balaban J connectivity index is 1.86. The van der Waals surface area contributed by atoms with E-state index >= 15 is 0 Å². The second kappa shape index (κ2) is 5.97. The van der Waals surface area contributed by atoms with Crippen LogP contribution in [0.3, 0.4) is 0 Å². The predicted octanol–water partition coefficient (Wildman–Crippen LogP) is 0.343. The first-order valence-corrected chi connectivity index (χ1v) is 6.91. The highest BCUT2D eigenvalue weighted by Gasteiger charge is 2.47. The number of hydrogen-bond donors (Lipinski definition) is 3. The molecule has 2 aliphatic rings. The van der Waals surface area contributed by atoms with Crippen LogP contribution in [-0.4, -0.2) is 55.1 Å². The lowest BCUT2D eigenvalue weighted by Gasteiger charge is -2.30. The number of aliphatic carboxylic acids is 1. The van der Waals surface area contributed by atoms with Crippen LogP contribution in [0, 0.1) is 5.41 Å². The molecule has 0 aromatic rings. The molecule has 0 spiro atoms. The van der Waals surface area contributed by atoms with Crippen LogP contribution in [-0.2, 0) is 14.3 Å². The second-order valence-corrected chi connectivity index (χ2v) is 5.81. The zero-order valence-corrected chi connectivity index (χ0v) is 11.8. The summed E-state index contributed by atoms with van der Waals surface area (Å²) in [5, 5.41) is 14.8. The van der Waals surface area contributed by atoms with Gasteiger partial charge in [-0.3, -0.25) is 4.79 Å². The molecule has 2 amide bonds. The van der Waals surface area contributed by atoms with Crippen LogP contribution in [0.2, 0.25) is 0 Å². The Bertz CT molecular complexity index is 389. The molecule has 0 aliphatic carbocycles. The minimum absolute atomic E-state index is 0.0668. The van der Waals surface area contributed by atoms with E-state index in [1.54, 1.807) is 6.92 Å². The highest BCUT2D eigenvalue weighted by Crippen LogP contribution is 2.28. The number of nitrogens with one attached hydrogen (secondary N) is 2. The molecule has 20 heavy (non-hydrogen) atoms. The molecule has 0 aromatic heterocycles. The molecule has 2 aliphatic heterocycles. The summed E-state index contributed by atoms with van der Waals surface area (Å²) in [5.41, 5.74) is -1.07. The maximum Gasteiger partial charge on any atom is 0.315 e. The lowest BCUT2D eigenvalue weighted by molar-refractivity contribution is -0.148. The maximum absolute atomic E-state index is 12.0. The molecule has 4 atom stereocenters. The number of carboxylic acids is 1. The molecule has 4 unspecified atom stereocenters. The number of carboxylic acid groups (broad SMARTS) is 1. The lowest BCUT2D eigenvalue weighted by atomic mass is 9.85. The summed E-state index contributed by atoms with van der Waals surface area (Å²) in [6.45, 7) is 4.52. The Morgan fingerprint density at radius 3 is 2.75 bits per heavy atom. The summed E-state index contributed by atoms with van der Waals surface area (Å²) in [5.74, 6) is -0.958. The van der Waals surface area contributed by atoms with Gasteiger partial charge in [0.2, 0.25) is 0 Å². The van der Waals surface area contributed by atoms with Gasteiger partial charge in [0, 0.05) is 12.6 Å². The standard InChI is InChI=1S/C13H22N2O5/c1-8-5-9(3-4-20-8)14-12(18)15-10-6-19-7-13(10,2)11(16)17/h8-10H,3-7H2,1-2H3,(H,16,17)(H2,14,15,18). The molecule has 7 heteroatoms. The van der Waals surface area contributed by atoms with Gasteiger partial charge in [0.05, 0.1) is 25.4 Å². The normalized spacial score (nSPS) is 37.4. The average Bonchev–Trinajstić information content (AvgIpc) is 2.72. The number of ether oxygens (including phenoxy) is 2. The fourth-order valence-electron chi connectivity index (χ4n) is 2.60. The molecule has 2 rings (SSSR count). The molecule has 3 N–H and O–H groups in total. The Morgan fingerprint density at radius 2 is 2.10 bits per heavy atom. The van der Waals surface area contributed by atoms with Crippen molar-refractivity contribution in [2.24, 2.45) is 5.41 Å². The van der Waals surface area contributed by atoms with Crippen molar-refractivity contribution in [2.45, 2.75) is 44.9 Å². The van der Waals surface area contributed by atoms with Crippen LogP contribution in [0.4, 0.5) is 4.79 Å². The molecular weight excluding hydrogens is 264 g/mol. The fourth-order valence-corrected chi connectivity index (χ4v) is 2.60. The first-order chi connectivity index (χ1) is 9.41. The quantitative estimate of drug-likeness (QED) is 0.695. The summed E-state index contributed by atoms with van der Waals surface area (Å²) >= 11 is 0. The van der Waals surface area contributed by atoms with Crippen molar-refractivity contribution >= 4 is 12.0 Å². The number of amides is 2. The van der Waals surface area contributed by atoms with Crippen LogP contribution >= 0.6 is 0 Å². The monoisotopic (exact) mass is 286 g/mol. The minimum atomic E-state index is -1.07. The van der Waals surface area contributed by atoms with E-state index < -0.39 is 17.4 Å². The molecule has 0 bridgehead atoms. The summed E-state index contributed by atoms with van der Waals surface area (Å²) in [4.78, 5) is 23.3. The number of carbonyl (C=O) groups is 2. The third kappa shape index (κ3) is 3.21. The van der Waals surface area contributed by atoms with Crippen molar-refractivity contribution in [2.75, 3.05) is 19.8 Å². The molecule has 2 heterocycles. The summed E-state index contributed by atoms with van der Waals surface area (Å²) in [6, 6.07) is -0.790. The number of rotatable bonds is 3. The molecule has 114 valence electrons. The van der Waals surface area contributed by atoms with E-state index in [4.69, 9.17) is 9.47 Å². The van der Waals surface area contributed by atoms with Crippen molar-refractivity contribution in [3.63, 3.8) is 0 Å². The van der Waals surface area contributed by atoms with E-state index in [1.165, 1.54) is 0 Å². The van der Waals surface area contributed by atoms with E-state index in [9.17, 15) is 14.7 Å². The molecular formula is C13H22N2O5. The Morgan fingerprint density at radius 1 is 1.35 bits per heavy atom. The van der Waals surface area contributed by atoms with Gasteiger partial charge in [-0.05, 0) is 26.7 Å². The smallest absolute Gasteiger partial charge is 0.315 e. The van der Waals surface area contributed by atoms with Gasteiger partial charge in [0.25, 0.3) is 0 Å². The third-order valence-corrected chi connectivity index (χ3v) is 4.07. The summed E-state index contributed by atoms with van der Waals surface area (Å²) in [7, 11) is 0. The van der Waals surface area contributed by atoms with Gasteiger partial charge in [-0.2, -0.15) is 0 Å². The van der Waals surface area contributed by atoms with E-state index in [1.807, 2.05) is 6.92 Å². The van der Waals surface area contributed by atoms with E-state index in [0.717, 1.165) is 12.8 Å². The van der Waals surface area contributed by atoms with Gasteiger partial charge in [-0.1, -0.05) is 0 Å². The highest BCUT2D eigenvalue weighted by molar-refractivity contribution is 5.79. The van der Waals surface area contributed by atoms with Gasteiger partial charge in [-0.15, -0.1) is 0 Å². The summed E-state index contributed by atoms with van der Waals surface area (Å²) in [6.07, 6.45) is 1.67. The predicted molar refractivity (Wildman–Crippen MR) is 70.5 cm³/mol. The molecule has 0 aromatic carbocycles. The molecule has 0 radical (unpaired) electrons. The van der Waals surface area contributed by atoms with Crippen LogP contribution in [0.5, 0.6) is 0 Å². The van der Waals surface area contributed by atoms with Gasteiger partial charge < -0.3 is 25.2 Å². The van der Waals surface area contributed by atoms with Crippen molar-refractivity contribution in [3.8, 4) is 0 Å². The van der Waals surface area contributed by atoms with E-state index in [2.05, 4.69) is 10.6 Å². The van der Waals surface area contributed by atoms with Gasteiger partial charge in [0.1, 0.15) is 5.41 Å². The summed E-state index contributed by atoms with van der Waals surface area (Å²) < 4.78 is 10.6. The molecule has 0 saturated carbocycles. The first-order valence-electron chi connectivity index (χ1n) is 6.91.